The molecule has 0 aromatic carbocycles. The normalized spacial score (nSPS) is 19.4. The number of carboxylic acid groups (broad SMARTS) is 1. The summed E-state index contributed by atoms with van der Waals surface area (Å²) in [5.74, 6) is -1.48. The number of nitrogens with zero attached hydrogens (tertiary/aromatic N) is 1. The second-order valence-corrected chi connectivity index (χ2v) is 5.81. The summed E-state index contributed by atoms with van der Waals surface area (Å²) in [7, 11) is 0. The molecule has 20 heavy (non-hydrogen) atoms. The Labute approximate surface area is 121 Å². The zero-order valence-corrected chi connectivity index (χ0v) is 12.5. The maximum absolute atomic E-state index is 12.6. The van der Waals surface area contributed by atoms with Crippen molar-refractivity contribution >= 4 is 11.9 Å². The van der Waals surface area contributed by atoms with Crippen LogP contribution in [0, 0.1) is 11.8 Å². The molecular formula is C15H27NO4. The van der Waals surface area contributed by atoms with Crippen LogP contribution in [0.25, 0.3) is 0 Å². The van der Waals surface area contributed by atoms with Gasteiger partial charge >= 0.3 is 5.97 Å². The van der Waals surface area contributed by atoms with Gasteiger partial charge in [0, 0.05) is 12.5 Å². The van der Waals surface area contributed by atoms with E-state index in [-0.39, 0.29) is 31.0 Å². The minimum atomic E-state index is -0.903. The molecule has 5 nitrogen and oxygen atoms in total. The number of amides is 1. The lowest BCUT2D eigenvalue weighted by molar-refractivity contribution is -0.146. The predicted octanol–water partition coefficient (Wildman–Crippen LogP) is 1.89. The zero-order chi connectivity index (χ0) is 15.1. The van der Waals surface area contributed by atoms with Gasteiger partial charge in [-0.1, -0.05) is 33.1 Å². The van der Waals surface area contributed by atoms with Crippen LogP contribution < -0.4 is 0 Å². The van der Waals surface area contributed by atoms with Crippen molar-refractivity contribution in [1.29, 1.82) is 0 Å². The van der Waals surface area contributed by atoms with Gasteiger partial charge in [0.2, 0.25) is 5.91 Å². The highest BCUT2D eigenvalue weighted by atomic mass is 16.4. The number of hydrogen-bond acceptors (Lipinski definition) is 3. The standard InChI is InChI=1S/C15H27NO4/c1-3-13(10-17)16(9-11(2)15(19)20)14(18)12-7-5-4-6-8-12/h11-13,17H,3-10H2,1-2H3,(H,19,20). The molecule has 0 heterocycles. The van der Waals surface area contributed by atoms with Crippen LogP contribution in [-0.4, -0.2) is 46.2 Å². The van der Waals surface area contributed by atoms with Gasteiger partial charge in [0.15, 0.2) is 0 Å². The molecule has 1 aliphatic carbocycles. The molecule has 0 aliphatic heterocycles. The fraction of sp³-hybridized carbons (Fsp3) is 0.867. The fourth-order valence-corrected chi connectivity index (χ4v) is 2.82. The number of hydrogen-bond donors (Lipinski definition) is 2. The first-order valence-electron chi connectivity index (χ1n) is 7.65. The average molecular weight is 285 g/mol. The van der Waals surface area contributed by atoms with Gasteiger partial charge in [0.05, 0.1) is 18.6 Å². The Morgan fingerprint density at radius 3 is 2.30 bits per heavy atom. The summed E-state index contributed by atoms with van der Waals surface area (Å²) in [6.07, 6.45) is 5.72. The lowest BCUT2D eigenvalue weighted by Crippen LogP contribution is -2.48. The van der Waals surface area contributed by atoms with Crippen molar-refractivity contribution in [3.05, 3.63) is 0 Å². The van der Waals surface area contributed by atoms with Crippen LogP contribution in [0.1, 0.15) is 52.4 Å². The molecule has 2 atom stereocenters. The number of carbonyl (C=O) groups is 2. The van der Waals surface area contributed by atoms with E-state index >= 15 is 0 Å². The molecule has 0 aromatic heterocycles. The molecule has 0 bridgehead atoms. The van der Waals surface area contributed by atoms with Crippen LogP contribution in [0.5, 0.6) is 0 Å². The van der Waals surface area contributed by atoms with Crippen molar-refractivity contribution in [2.75, 3.05) is 13.2 Å². The number of aliphatic carboxylic acids is 1. The monoisotopic (exact) mass is 285 g/mol. The molecule has 1 aliphatic rings. The summed E-state index contributed by atoms with van der Waals surface area (Å²) in [6, 6.07) is -0.272. The summed E-state index contributed by atoms with van der Waals surface area (Å²) in [5, 5.41) is 18.5. The second kappa shape index (κ2) is 8.25. The fourth-order valence-electron chi connectivity index (χ4n) is 2.82. The quantitative estimate of drug-likeness (QED) is 0.748. The van der Waals surface area contributed by atoms with Crippen molar-refractivity contribution < 1.29 is 19.8 Å². The van der Waals surface area contributed by atoms with Crippen molar-refractivity contribution in [3.63, 3.8) is 0 Å². The molecule has 116 valence electrons. The number of carbonyl (C=O) groups excluding carboxylic acids is 1. The molecule has 0 saturated heterocycles. The molecule has 5 heteroatoms. The van der Waals surface area contributed by atoms with E-state index < -0.39 is 11.9 Å². The largest absolute Gasteiger partial charge is 0.481 e. The summed E-state index contributed by atoms with van der Waals surface area (Å²) in [5.41, 5.74) is 0. The minimum Gasteiger partial charge on any atom is -0.481 e. The lowest BCUT2D eigenvalue weighted by atomic mass is 9.87. The molecule has 2 unspecified atom stereocenters. The highest BCUT2D eigenvalue weighted by Gasteiger charge is 2.31. The summed E-state index contributed by atoms with van der Waals surface area (Å²) < 4.78 is 0. The Morgan fingerprint density at radius 2 is 1.85 bits per heavy atom. The third-order valence-electron chi connectivity index (χ3n) is 4.25. The number of aliphatic hydroxyl groups is 1. The lowest BCUT2D eigenvalue weighted by Gasteiger charge is -2.35. The first-order chi connectivity index (χ1) is 9.51. The molecule has 1 amide bonds. The predicted molar refractivity (Wildman–Crippen MR) is 76.3 cm³/mol. The van der Waals surface area contributed by atoms with Gasteiger partial charge < -0.3 is 15.1 Å². The molecule has 0 radical (unpaired) electrons. The van der Waals surface area contributed by atoms with Gasteiger partial charge in [-0.15, -0.1) is 0 Å². The van der Waals surface area contributed by atoms with E-state index in [1.807, 2.05) is 6.92 Å². The Morgan fingerprint density at radius 1 is 1.25 bits per heavy atom. The molecular weight excluding hydrogens is 258 g/mol. The van der Waals surface area contributed by atoms with E-state index in [4.69, 9.17) is 5.11 Å². The Balaban J connectivity index is 2.79. The molecule has 0 aromatic rings. The smallest absolute Gasteiger partial charge is 0.308 e. The third-order valence-corrected chi connectivity index (χ3v) is 4.25. The van der Waals surface area contributed by atoms with E-state index in [1.54, 1.807) is 11.8 Å². The molecule has 2 N–H and O–H groups in total. The Hall–Kier alpha value is -1.10. The van der Waals surface area contributed by atoms with Crippen LogP contribution in [-0.2, 0) is 9.59 Å². The first-order valence-corrected chi connectivity index (χ1v) is 7.65. The van der Waals surface area contributed by atoms with E-state index in [9.17, 15) is 14.7 Å². The van der Waals surface area contributed by atoms with Crippen molar-refractivity contribution in [1.82, 2.24) is 4.90 Å². The highest BCUT2D eigenvalue weighted by molar-refractivity contribution is 5.80. The minimum absolute atomic E-state index is 0.00495. The van der Waals surface area contributed by atoms with Gasteiger partial charge in [-0.3, -0.25) is 9.59 Å². The van der Waals surface area contributed by atoms with E-state index in [2.05, 4.69) is 0 Å². The van der Waals surface area contributed by atoms with Gasteiger partial charge in [-0.05, 0) is 19.3 Å². The SMILES string of the molecule is CCC(CO)N(CC(C)C(=O)O)C(=O)C1CCCCC1. The third kappa shape index (κ3) is 4.47. The van der Waals surface area contributed by atoms with Crippen LogP contribution in [0.3, 0.4) is 0 Å². The maximum Gasteiger partial charge on any atom is 0.308 e. The van der Waals surface area contributed by atoms with Crippen molar-refractivity contribution in [2.24, 2.45) is 11.8 Å². The topological polar surface area (TPSA) is 77.8 Å². The van der Waals surface area contributed by atoms with Crippen LogP contribution in [0.4, 0.5) is 0 Å². The number of aliphatic hydroxyl groups excluding tert-OH is 1. The Bertz CT molecular complexity index is 322. The molecule has 1 fully saturated rings. The molecule has 1 saturated carbocycles. The summed E-state index contributed by atoms with van der Waals surface area (Å²) in [6.45, 7) is 3.59. The summed E-state index contributed by atoms with van der Waals surface area (Å²) >= 11 is 0. The number of carboxylic acids is 1. The maximum atomic E-state index is 12.6. The molecule has 1 rings (SSSR count). The van der Waals surface area contributed by atoms with Crippen LogP contribution >= 0.6 is 0 Å². The van der Waals surface area contributed by atoms with Crippen LogP contribution in [0.15, 0.2) is 0 Å². The summed E-state index contributed by atoms with van der Waals surface area (Å²) in [4.78, 5) is 25.3. The molecule has 0 spiro atoms. The van der Waals surface area contributed by atoms with E-state index in [0.29, 0.717) is 6.42 Å². The van der Waals surface area contributed by atoms with Crippen molar-refractivity contribution in [3.8, 4) is 0 Å². The van der Waals surface area contributed by atoms with E-state index in [1.165, 1.54) is 6.42 Å². The number of rotatable bonds is 7. The highest BCUT2D eigenvalue weighted by Crippen LogP contribution is 2.27. The Kier molecular flexibility index (Phi) is 6.99. The van der Waals surface area contributed by atoms with Gasteiger partial charge in [0.1, 0.15) is 0 Å². The van der Waals surface area contributed by atoms with E-state index in [0.717, 1.165) is 25.7 Å². The van der Waals surface area contributed by atoms with Gasteiger partial charge in [-0.2, -0.15) is 0 Å². The first kappa shape index (κ1) is 17.0. The zero-order valence-electron chi connectivity index (χ0n) is 12.5. The average Bonchev–Trinajstić information content (AvgIpc) is 2.47. The second-order valence-electron chi connectivity index (χ2n) is 5.81. The van der Waals surface area contributed by atoms with Crippen LogP contribution in [0.2, 0.25) is 0 Å². The van der Waals surface area contributed by atoms with Crippen molar-refractivity contribution in [2.45, 2.75) is 58.4 Å². The van der Waals surface area contributed by atoms with Gasteiger partial charge in [-0.25, -0.2) is 0 Å². The van der Waals surface area contributed by atoms with Gasteiger partial charge in [0.25, 0.3) is 0 Å².